The number of nitrogens with zero attached hydrogens (tertiary/aromatic N) is 1. The van der Waals surface area contributed by atoms with Crippen LogP contribution >= 0.6 is 0 Å². The molecule has 0 amide bonds. The molecular formula is C12H16N2O4. The molecule has 6 heteroatoms. The number of anilines is 1. The Morgan fingerprint density at radius 3 is 2.56 bits per heavy atom. The van der Waals surface area contributed by atoms with Crippen molar-refractivity contribution in [1.29, 1.82) is 0 Å². The molecule has 0 bridgehead atoms. The van der Waals surface area contributed by atoms with Crippen molar-refractivity contribution in [3.05, 3.63) is 33.9 Å². The van der Waals surface area contributed by atoms with Gasteiger partial charge in [0, 0.05) is 12.1 Å². The normalized spacial score (nSPS) is 13.7. The number of benzene rings is 1. The maximum atomic E-state index is 10.9. The van der Waals surface area contributed by atoms with Gasteiger partial charge in [-0.25, -0.2) is 0 Å². The van der Waals surface area contributed by atoms with Crippen molar-refractivity contribution < 1.29 is 14.8 Å². The van der Waals surface area contributed by atoms with Gasteiger partial charge in [0.1, 0.15) is 5.69 Å². The van der Waals surface area contributed by atoms with Crippen LogP contribution in [0.1, 0.15) is 19.4 Å². The number of hydrogen-bond acceptors (Lipinski definition) is 4. The van der Waals surface area contributed by atoms with Crippen LogP contribution in [0.25, 0.3) is 0 Å². The minimum absolute atomic E-state index is 0.0422. The second kappa shape index (κ2) is 5.48. The molecule has 2 N–H and O–H groups in total. The molecule has 6 nitrogen and oxygen atoms in total. The monoisotopic (exact) mass is 252 g/mol. The average Bonchev–Trinajstić information content (AvgIpc) is 2.29. The lowest BCUT2D eigenvalue weighted by atomic mass is 10.0. The average molecular weight is 252 g/mol. The molecule has 0 aliphatic rings. The van der Waals surface area contributed by atoms with Gasteiger partial charge in [-0.1, -0.05) is 6.07 Å². The minimum atomic E-state index is -0.940. The Morgan fingerprint density at radius 1 is 1.44 bits per heavy atom. The van der Waals surface area contributed by atoms with Crippen LogP contribution in [0.2, 0.25) is 0 Å². The van der Waals surface area contributed by atoms with E-state index in [1.165, 1.54) is 6.07 Å². The van der Waals surface area contributed by atoms with E-state index in [1.807, 2.05) is 0 Å². The third-order valence-corrected chi connectivity index (χ3v) is 2.87. The smallest absolute Gasteiger partial charge is 0.308 e. The number of nitro groups is 1. The summed E-state index contributed by atoms with van der Waals surface area (Å²) in [4.78, 5) is 21.3. The molecule has 0 saturated heterocycles. The van der Waals surface area contributed by atoms with E-state index in [2.05, 4.69) is 5.32 Å². The second-order valence-electron chi connectivity index (χ2n) is 4.34. The highest BCUT2D eigenvalue weighted by Gasteiger charge is 2.22. The van der Waals surface area contributed by atoms with Crippen LogP contribution in [0.3, 0.4) is 0 Å². The van der Waals surface area contributed by atoms with E-state index < -0.39 is 22.9 Å². The summed E-state index contributed by atoms with van der Waals surface area (Å²) in [5, 5.41) is 22.7. The predicted octanol–water partition coefficient (Wildman–Crippen LogP) is 2.42. The van der Waals surface area contributed by atoms with E-state index in [0.717, 1.165) is 5.56 Å². The predicted molar refractivity (Wildman–Crippen MR) is 67.7 cm³/mol. The van der Waals surface area contributed by atoms with Crippen molar-refractivity contribution >= 4 is 17.3 Å². The molecule has 1 rings (SSSR count). The molecule has 0 radical (unpaired) electrons. The summed E-state index contributed by atoms with van der Waals surface area (Å²) in [6.07, 6.45) is 0. The summed E-state index contributed by atoms with van der Waals surface area (Å²) in [7, 11) is 0. The SMILES string of the molecule is Cc1ccc(NC(C)C(C)C(=O)O)c([N+](=O)[O-])c1. The lowest BCUT2D eigenvalue weighted by Gasteiger charge is -2.19. The fraction of sp³-hybridized carbons (Fsp3) is 0.417. The number of aryl methyl sites for hydroxylation is 1. The summed E-state index contributed by atoms with van der Waals surface area (Å²) in [5.74, 6) is -1.57. The molecule has 0 fully saturated rings. The second-order valence-corrected chi connectivity index (χ2v) is 4.34. The molecule has 1 aromatic carbocycles. The lowest BCUT2D eigenvalue weighted by Crippen LogP contribution is -2.29. The molecule has 1 aromatic rings. The van der Waals surface area contributed by atoms with Gasteiger partial charge >= 0.3 is 5.97 Å². The third-order valence-electron chi connectivity index (χ3n) is 2.87. The first-order valence-corrected chi connectivity index (χ1v) is 5.57. The first-order valence-electron chi connectivity index (χ1n) is 5.57. The van der Waals surface area contributed by atoms with E-state index in [1.54, 1.807) is 32.9 Å². The minimum Gasteiger partial charge on any atom is -0.481 e. The molecule has 0 saturated carbocycles. The Hall–Kier alpha value is -2.11. The molecule has 98 valence electrons. The maximum Gasteiger partial charge on any atom is 0.308 e. The van der Waals surface area contributed by atoms with Crippen molar-refractivity contribution in [3.8, 4) is 0 Å². The molecule has 0 aliphatic carbocycles. The number of rotatable bonds is 5. The van der Waals surface area contributed by atoms with E-state index >= 15 is 0 Å². The summed E-state index contributed by atoms with van der Waals surface area (Å²) < 4.78 is 0. The van der Waals surface area contributed by atoms with Gasteiger partial charge in [0.25, 0.3) is 5.69 Å². The van der Waals surface area contributed by atoms with Crippen molar-refractivity contribution in [2.24, 2.45) is 5.92 Å². The van der Waals surface area contributed by atoms with Gasteiger partial charge in [0.15, 0.2) is 0 Å². The van der Waals surface area contributed by atoms with Crippen molar-refractivity contribution in [2.75, 3.05) is 5.32 Å². The lowest BCUT2D eigenvalue weighted by molar-refractivity contribution is -0.384. The molecule has 0 aromatic heterocycles. The molecule has 0 heterocycles. The van der Waals surface area contributed by atoms with Gasteiger partial charge in [0.05, 0.1) is 10.8 Å². The molecule has 0 aliphatic heterocycles. The standard InChI is InChI=1S/C12H16N2O4/c1-7-4-5-10(11(6-7)14(17)18)13-9(3)8(2)12(15)16/h4-6,8-9,13H,1-3H3,(H,15,16). The third kappa shape index (κ3) is 3.19. The van der Waals surface area contributed by atoms with Crippen LogP contribution in [-0.2, 0) is 4.79 Å². The van der Waals surface area contributed by atoms with Crippen molar-refractivity contribution in [3.63, 3.8) is 0 Å². The van der Waals surface area contributed by atoms with Gasteiger partial charge in [-0.05, 0) is 32.4 Å². The van der Waals surface area contributed by atoms with Crippen LogP contribution in [0.15, 0.2) is 18.2 Å². The van der Waals surface area contributed by atoms with E-state index in [0.29, 0.717) is 5.69 Å². The summed E-state index contributed by atoms with van der Waals surface area (Å²) >= 11 is 0. The highest BCUT2D eigenvalue weighted by Crippen LogP contribution is 2.26. The number of aliphatic carboxylic acids is 1. The fourth-order valence-corrected chi connectivity index (χ4v) is 1.50. The zero-order chi connectivity index (χ0) is 13.9. The van der Waals surface area contributed by atoms with Crippen molar-refractivity contribution in [2.45, 2.75) is 26.8 Å². The Bertz CT molecular complexity index is 473. The highest BCUT2D eigenvalue weighted by atomic mass is 16.6. The van der Waals surface area contributed by atoms with Crippen LogP contribution in [0.5, 0.6) is 0 Å². The fourth-order valence-electron chi connectivity index (χ4n) is 1.50. The maximum absolute atomic E-state index is 10.9. The zero-order valence-electron chi connectivity index (χ0n) is 10.5. The summed E-state index contributed by atoms with van der Waals surface area (Å²) in [6, 6.07) is 4.40. The molecule has 18 heavy (non-hydrogen) atoms. The number of nitro benzene ring substituents is 1. The molecule has 2 atom stereocenters. The topological polar surface area (TPSA) is 92.5 Å². The number of nitrogens with one attached hydrogen (secondary N) is 1. The number of hydrogen-bond donors (Lipinski definition) is 2. The number of carboxylic acid groups (broad SMARTS) is 1. The Kier molecular flexibility index (Phi) is 4.25. The van der Waals surface area contributed by atoms with Gasteiger partial charge in [-0.3, -0.25) is 14.9 Å². The Balaban J connectivity index is 2.97. The quantitative estimate of drug-likeness (QED) is 0.620. The Morgan fingerprint density at radius 2 is 2.06 bits per heavy atom. The summed E-state index contributed by atoms with van der Waals surface area (Å²) in [5.41, 5.74) is 1.08. The van der Waals surface area contributed by atoms with Crippen molar-refractivity contribution in [1.82, 2.24) is 0 Å². The van der Waals surface area contributed by atoms with E-state index in [4.69, 9.17) is 5.11 Å². The molecule has 2 unspecified atom stereocenters. The van der Waals surface area contributed by atoms with Crippen LogP contribution < -0.4 is 5.32 Å². The van der Waals surface area contributed by atoms with Crippen LogP contribution in [-0.4, -0.2) is 22.0 Å². The number of carboxylic acids is 1. The zero-order valence-corrected chi connectivity index (χ0v) is 10.5. The van der Waals surface area contributed by atoms with Gasteiger partial charge in [0.2, 0.25) is 0 Å². The van der Waals surface area contributed by atoms with Gasteiger partial charge < -0.3 is 10.4 Å². The van der Waals surface area contributed by atoms with E-state index in [9.17, 15) is 14.9 Å². The molecular weight excluding hydrogens is 236 g/mol. The first kappa shape index (κ1) is 14.0. The summed E-state index contributed by atoms with van der Waals surface area (Å²) in [6.45, 7) is 5.00. The largest absolute Gasteiger partial charge is 0.481 e. The molecule has 0 spiro atoms. The van der Waals surface area contributed by atoms with E-state index in [-0.39, 0.29) is 5.69 Å². The van der Waals surface area contributed by atoms with Crippen LogP contribution in [0, 0.1) is 23.0 Å². The van der Waals surface area contributed by atoms with Gasteiger partial charge in [-0.15, -0.1) is 0 Å². The van der Waals surface area contributed by atoms with Crippen LogP contribution in [0.4, 0.5) is 11.4 Å². The Labute approximate surface area is 105 Å². The number of carbonyl (C=O) groups is 1. The first-order chi connectivity index (χ1) is 8.32. The highest BCUT2D eigenvalue weighted by molar-refractivity contribution is 5.72. The van der Waals surface area contributed by atoms with Gasteiger partial charge in [-0.2, -0.15) is 0 Å².